The molecule has 1 aromatic rings. The van der Waals surface area contributed by atoms with Crippen molar-refractivity contribution in [1.82, 2.24) is 0 Å². The number of hydrogen-bond acceptors (Lipinski definition) is 2. The van der Waals surface area contributed by atoms with Gasteiger partial charge in [-0.25, -0.2) is 0 Å². The second-order valence-electron chi connectivity index (χ2n) is 3.99. The first-order valence-electron chi connectivity index (χ1n) is 5.30. The summed E-state index contributed by atoms with van der Waals surface area (Å²) in [6.07, 6.45) is 0.937. The molecule has 0 saturated carbocycles. The van der Waals surface area contributed by atoms with Crippen molar-refractivity contribution in [3.05, 3.63) is 34.4 Å². The van der Waals surface area contributed by atoms with Crippen LogP contribution in [0.4, 0.5) is 0 Å². The normalized spacial score (nSPS) is 10.4. The van der Waals surface area contributed by atoms with Crippen LogP contribution in [0.1, 0.15) is 48.9 Å². The first-order valence-corrected chi connectivity index (χ1v) is 5.30. The first-order chi connectivity index (χ1) is 7.13. The summed E-state index contributed by atoms with van der Waals surface area (Å²) in [5, 5.41) is 18.1. The number of aliphatic hydroxyl groups excluding tert-OH is 1. The van der Waals surface area contributed by atoms with Crippen molar-refractivity contribution in [2.24, 2.45) is 0 Å². The van der Waals surface area contributed by atoms with Crippen molar-refractivity contribution >= 4 is 0 Å². The zero-order chi connectivity index (χ0) is 11.4. The van der Waals surface area contributed by atoms with Crippen LogP contribution in [0.5, 0.6) is 0 Å². The van der Waals surface area contributed by atoms with Gasteiger partial charge in [0.05, 0.1) is 18.2 Å². The molecule has 0 aliphatic heterocycles. The van der Waals surface area contributed by atoms with Gasteiger partial charge in [-0.1, -0.05) is 26.8 Å². The fraction of sp³-hybridized carbons (Fsp3) is 0.462. The standard InChI is InChI=1S/C13H17NO/c1-4-10-5-12(8-15)11(7-14)6-13(10)9(2)3/h5-6,9,15H,4,8H2,1-3H3. The van der Waals surface area contributed by atoms with Gasteiger partial charge >= 0.3 is 0 Å². The predicted octanol–water partition coefficient (Wildman–Crippen LogP) is 2.74. The fourth-order valence-corrected chi connectivity index (χ4v) is 1.79. The second-order valence-corrected chi connectivity index (χ2v) is 3.99. The zero-order valence-electron chi connectivity index (χ0n) is 9.54. The molecule has 0 amide bonds. The maximum absolute atomic E-state index is 9.15. The number of benzene rings is 1. The van der Waals surface area contributed by atoms with Gasteiger partial charge in [0.1, 0.15) is 0 Å². The molecule has 0 radical (unpaired) electrons. The molecule has 0 aromatic heterocycles. The average molecular weight is 203 g/mol. The number of nitriles is 1. The fourth-order valence-electron chi connectivity index (χ4n) is 1.79. The maximum Gasteiger partial charge on any atom is 0.0995 e. The minimum absolute atomic E-state index is 0.0612. The molecular formula is C13H17NO. The Kier molecular flexibility index (Phi) is 3.88. The van der Waals surface area contributed by atoms with Crippen molar-refractivity contribution < 1.29 is 5.11 Å². The van der Waals surface area contributed by atoms with E-state index >= 15 is 0 Å². The maximum atomic E-state index is 9.15. The SMILES string of the molecule is CCc1cc(CO)c(C#N)cc1C(C)C. The highest BCUT2D eigenvalue weighted by Crippen LogP contribution is 2.24. The van der Waals surface area contributed by atoms with Crippen molar-refractivity contribution in [2.75, 3.05) is 0 Å². The highest BCUT2D eigenvalue weighted by atomic mass is 16.3. The molecule has 0 aliphatic rings. The highest BCUT2D eigenvalue weighted by molar-refractivity contribution is 5.45. The molecule has 2 nitrogen and oxygen atoms in total. The zero-order valence-corrected chi connectivity index (χ0v) is 9.54. The van der Waals surface area contributed by atoms with Crippen LogP contribution in [0.25, 0.3) is 0 Å². The van der Waals surface area contributed by atoms with E-state index in [4.69, 9.17) is 10.4 Å². The molecule has 15 heavy (non-hydrogen) atoms. The third-order valence-electron chi connectivity index (χ3n) is 2.66. The second kappa shape index (κ2) is 4.95. The van der Waals surface area contributed by atoms with Crippen LogP contribution in [0, 0.1) is 11.3 Å². The number of rotatable bonds is 3. The van der Waals surface area contributed by atoms with Crippen LogP contribution >= 0.6 is 0 Å². The summed E-state index contributed by atoms with van der Waals surface area (Å²) in [5.41, 5.74) is 3.77. The number of hydrogen-bond donors (Lipinski definition) is 1. The lowest BCUT2D eigenvalue weighted by molar-refractivity contribution is 0.281. The van der Waals surface area contributed by atoms with Gasteiger partial charge in [0.25, 0.3) is 0 Å². The predicted molar refractivity (Wildman–Crippen MR) is 60.5 cm³/mol. The molecular weight excluding hydrogens is 186 g/mol. The van der Waals surface area contributed by atoms with Gasteiger partial charge in [-0.3, -0.25) is 0 Å². The molecule has 2 heteroatoms. The molecule has 1 N–H and O–H groups in total. The largest absolute Gasteiger partial charge is 0.392 e. The van der Waals surface area contributed by atoms with Crippen LogP contribution in [0.15, 0.2) is 12.1 Å². The molecule has 0 heterocycles. The Morgan fingerprint density at radius 2 is 2.00 bits per heavy atom. The van der Waals surface area contributed by atoms with Gasteiger partial charge in [0.15, 0.2) is 0 Å². The van der Waals surface area contributed by atoms with Gasteiger partial charge in [0, 0.05) is 0 Å². The van der Waals surface area contributed by atoms with Crippen molar-refractivity contribution in [1.29, 1.82) is 5.26 Å². The molecule has 0 fully saturated rings. The van der Waals surface area contributed by atoms with E-state index in [9.17, 15) is 0 Å². The van der Waals surface area contributed by atoms with Crippen LogP contribution in [0.2, 0.25) is 0 Å². The highest BCUT2D eigenvalue weighted by Gasteiger charge is 2.10. The van der Waals surface area contributed by atoms with Gasteiger partial charge in [-0.2, -0.15) is 5.26 Å². The Morgan fingerprint density at radius 3 is 2.40 bits per heavy atom. The lowest BCUT2D eigenvalue weighted by Gasteiger charge is -2.14. The van der Waals surface area contributed by atoms with Gasteiger partial charge in [-0.15, -0.1) is 0 Å². The molecule has 1 rings (SSSR count). The summed E-state index contributed by atoms with van der Waals surface area (Å²) in [5.74, 6) is 0.416. The minimum Gasteiger partial charge on any atom is -0.392 e. The minimum atomic E-state index is -0.0612. The van der Waals surface area contributed by atoms with Crippen LogP contribution in [-0.2, 0) is 13.0 Å². The molecule has 0 unspecified atom stereocenters. The first kappa shape index (κ1) is 11.7. The lowest BCUT2D eigenvalue weighted by atomic mass is 9.91. The van der Waals surface area contributed by atoms with Crippen LogP contribution in [0.3, 0.4) is 0 Å². The quantitative estimate of drug-likeness (QED) is 0.820. The third-order valence-corrected chi connectivity index (χ3v) is 2.66. The number of aliphatic hydroxyl groups is 1. The Hall–Kier alpha value is -1.33. The summed E-state index contributed by atoms with van der Waals surface area (Å²) < 4.78 is 0. The summed E-state index contributed by atoms with van der Waals surface area (Å²) in [6.45, 7) is 6.27. The Bertz CT molecular complexity index is 388. The molecule has 0 spiro atoms. The van der Waals surface area contributed by atoms with E-state index in [1.807, 2.05) is 12.1 Å². The molecule has 0 atom stereocenters. The Labute approximate surface area is 91.2 Å². The topological polar surface area (TPSA) is 44.0 Å². The molecule has 80 valence electrons. The van der Waals surface area contributed by atoms with Gasteiger partial charge < -0.3 is 5.11 Å². The van der Waals surface area contributed by atoms with E-state index < -0.39 is 0 Å². The molecule has 1 aromatic carbocycles. The van der Waals surface area contributed by atoms with E-state index in [1.54, 1.807) is 0 Å². The monoisotopic (exact) mass is 203 g/mol. The molecule has 0 aliphatic carbocycles. The van der Waals surface area contributed by atoms with Crippen molar-refractivity contribution in [2.45, 2.75) is 39.7 Å². The van der Waals surface area contributed by atoms with E-state index in [2.05, 4.69) is 26.8 Å². The van der Waals surface area contributed by atoms with Crippen LogP contribution < -0.4 is 0 Å². The summed E-state index contributed by atoms with van der Waals surface area (Å²) in [7, 11) is 0. The Balaban J connectivity index is 3.36. The Morgan fingerprint density at radius 1 is 1.33 bits per heavy atom. The molecule has 0 bridgehead atoms. The number of nitrogens with zero attached hydrogens (tertiary/aromatic N) is 1. The summed E-state index contributed by atoms with van der Waals surface area (Å²) in [4.78, 5) is 0. The third kappa shape index (κ3) is 2.37. The van der Waals surface area contributed by atoms with E-state index in [-0.39, 0.29) is 6.61 Å². The lowest BCUT2D eigenvalue weighted by Crippen LogP contribution is -2.00. The average Bonchev–Trinajstić information content (AvgIpc) is 2.26. The van der Waals surface area contributed by atoms with Crippen LogP contribution in [-0.4, -0.2) is 5.11 Å². The summed E-state index contributed by atoms with van der Waals surface area (Å²) in [6, 6.07) is 6.00. The van der Waals surface area contributed by atoms with Gasteiger partial charge in [0.2, 0.25) is 0 Å². The molecule has 0 saturated heterocycles. The van der Waals surface area contributed by atoms with E-state index in [0.717, 1.165) is 12.0 Å². The van der Waals surface area contributed by atoms with E-state index in [1.165, 1.54) is 11.1 Å². The van der Waals surface area contributed by atoms with Crippen molar-refractivity contribution in [3.8, 4) is 6.07 Å². The smallest absolute Gasteiger partial charge is 0.0995 e. The number of aryl methyl sites for hydroxylation is 1. The van der Waals surface area contributed by atoms with Gasteiger partial charge in [-0.05, 0) is 35.1 Å². The van der Waals surface area contributed by atoms with Crippen molar-refractivity contribution in [3.63, 3.8) is 0 Å². The summed E-state index contributed by atoms with van der Waals surface area (Å²) >= 11 is 0. The van der Waals surface area contributed by atoms with E-state index in [0.29, 0.717) is 11.5 Å².